The van der Waals surface area contributed by atoms with Crippen molar-refractivity contribution in [3.05, 3.63) is 96.7 Å². The van der Waals surface area contributed by atoms with E-state index in [0.29, 0.717) is 5.69 Å². The number of nitrogens with one attached hydrogen (secondary N) is 3. The predicted molar refractivity (Wildman–Crippen MR) is 141 cm³/mol. The van der Waals surface area contributed by atoms with Crippen LogP contribution in [0.15, 0.2) is 91.1 Å². The highest BCUT2D eigenvalue weighted by atomic mass is 32.1. The second-order valence-electron chi connectivity index (χ2n) is 8.32. The second kappa shape index (κ2) is 8.70. The van der Waals surface area contributed by atoms with Crippen molar-refractivity contribution in [2.24, 2.45) is 0 Å². The number of hydrogen-bond acceptors (Lipinski definition) is 4. The molecule has 0 aliphatic heterocycles. The summed E-state index contributed by atoms with van der Waals surface area (Å²) in [4.78, 5) is 26.2. The van der Waals surface area contributed by atoms with E-state index >= 15 is 0 Å². The minimum absolute atomic E-state index is 0.269. The van der Waals surface area contributed by atoms with E-state index in [4.69, 9.17) is 0 Å². The van der Waals surface area contributed by atoms with Gasteiger partial charge >= 0.3 is 11.8 Å². The Hall–Kier alpha value is -4.49. The summed E-state index contributed by atoms with van der Waals surface area (Å²) in [6.45, 7) is 0.269. The summed E-state index contributed by atoms with van der Waals surface area (Å²) in [5, 5.41) is 16.9. The molecular formula is C28H20N4O2S. The predicted octanol–water partition coefficient (Wildman–Crippen LogP) is 5.85. The number of nitrogens with zero attached hydrogens (tertiary/aromatic N) is 1. The third-order valence-corrected chi connectivity index (χ3v) is 7.12. The zero-order chi connectivity index (χ0) is 23.8. The van der Waals surface area contributed by atoms with Gasteiger partial charge in [-0.15, -0.1) is 11.3 Å². The van der Waals surface area contributed by atoms with E-state index in [0.717, 1.165) is 43.1 Å². The monoisotopic (exact) mass is 476 g/mol. The molecule has 7 heteroatoms. The molecule has 6 rings (SSSR count). The van der Waals surface area contributed by atoms with Gasteiger partial charge in [0.2, 0.25) is 0 Å². The van der Waals surface area contributed by atoms with Gasteiger partial charge in [0.15, 0.2) is 0 Å². The Kier molecular flexibility index (Phi) is 5.24. The van der Waals surface area contributed by atoms with Gasteiger partial charge in [0, 0.05) is 32.8 Å². The lowest BCUT2D eigenvalue weighted by Gasteiger charge is -2.09. The minimum atomic E-state index is -0.712. The molecule has 0 unspecified atom stereocenters. The van der Waals surface area contributed by atoms with E-state index < -0.39 is 11.8 Å². The Morgan fingerprint density at radius 1 is 0.800 bits per heavy atom. The van der Waals surface area contributed by atoms with E-state index in [1.54, 1.807) is 17.5 Å². The average molecular weight is 477 g/mol. The van der Waals surface area contributed by atoms with Gasteiger partial charge in [-0.2, -0.15) is 5.10 Å². The SMILES string of the molecule is O=C(NCc1ccc2ccccc2c1)C(=O)Nc1cc(-c2cc3ccccc3s2)c2[nH]ncc2c1. The van der Waals surface area contributed by atoms with Crippen LogP contribution in [0, 0.1) is 0 Å². The highest BCUT2D eigenvalue weighted by molar-refractivity contribution is 7.22. The lowest BCUT2D eigenvalue weighted by molar-refractivity contribution is -0.136. The fourth-order valence-corrected chi connectivity index (χ4v) is 5.32. The first-order valence-electron chi connectivity index (χ1n) is 11.2. The van der Waals surface area contributed by atoms with Gasteiger partial charge in [-0.05, 0) is 52.1 Å². The molecule has 2 amide bonds. The highest BCUT2D eigenvalue weighted by Gasteiger charge is 2.17. The third kappa shape index (κ3) is 4.13. The van der Waals surface area contributed by atoms with Crippen molar-refractivity contribution in [2.45, 2.75) is 6.54 Å². The third-order valence-electron chi connectivity index (χ3n) is 5.97. The lowest BCUT2D eigenvalue weighted by atomic mass is 10.1. The quantitative estimate of drug-likeness (QED) is 0.279. The number of rotatable bonds is 4. The molecule has 170 valence electrons. The summed E-state index contributed by atoms with van der Waals surface area (Å²) in [6, 6.07) is 28.0. The van der Waals surface area contributed by atoms with E-state index in [1.807, 2.05) is 66.7 Å². The number of amides is 2. The molecule has 6 nitrogen and oxygen atoms in total. The number of hydrogen-bond donors (Lipinski definition) is 3. The maximum atomic E-state index is 12.7. The Balaban J connectivity index is 1.21. The molecule has 4 aromatic carbocycles. The number of H-pyrrole nitrogens is 1. The zero-order valence-corrected chi connectivity index (χ0v) is 19.4. The molecule has 35 heavy (non-hydrogen) atoms. The smallest absolute Gasteiger partial charge is 0.313 e. The molecule has 0 spiro atoms. The normalized spacial score (nSPS) is 11.2. The lowest BCUT2D eigenvalue weighted by Crippen LogP contribution is -2.34. The van der Waals surface area contributed by atoms with Gasteiger partial charge < -0.3 is 10.6 Å². The van der Waals surface area contributed by atoms with Crippen LogP contribution in [-0.4, -0.2) is 22.0 Å². The maximum absolute atomic E-state index is 12.7. The van der Waals surface area contributed by atoms with Crippen molar-refractivity contribution >= 4 is 60.6 Å². The van der Waals surface area contributed by atoms with Crippen LogP contribution in [0.5, 0.6) is 0 Å². The van der Waals surface area contributed by atoms with Crippen molar-refractivity contribution < 1.29 is 9.59 Å². The first-order chi connectivity index (χ1) is 17.1. The van der Waals surface area contributed by atoms with Crippen LogP contribution < -0.4 is 10.6 Å². The fraction of sp³-hybridized carbons (Fsp3) is 0.0357. The number of carbonyl (C=O) groups is 2. The number of aromatic amines is 1. The summed E-state index contributed by atoms with van der Waals surface area (Å²) >= 11 is 1.67. The summed E-state index contributed by atoms with van der Waals surface area (Å²) < 4.78 is 1.18. The summed E-state index contributed by atoms with van der Waals surface area (Å²) in [6.07, 6.45) is 1.71. The molecule has 6 aromatic rings. The minimum Gasteiger partial charge on any atom is -0.344 e. The molecule has 0 aliphatic carbocycles. The Morgan fingerprint density at radius 2 is 1.60 bits per heavy atom. The van der Waals surface area contributed by atoms with Crippen molar-refractivity contribution in [3.63, 3.8) is 0 Å². The average Bonchev–Trinajstić information content (AvgIpc) is 3.53. The van der Waals surface area contributed by atoms with E-state index in [1.165, 1.54) is 4.70 Å². The van der Waals surface area contributed by atoms with Crippen LogP contribution in [-0.2, 0) is 16.1 Å². The first-order valence-corrected chi connectivity index (χ1v) is 12.0. The number of fused-ring (bicyclic) bond motifs is 3. The number of benzene rings is 4. The van der Waals surface area contributed by atoms with Gasteiger partial charge in [0.1, 0.15) is 0 Å². The highest BCUT2D eigenvalue weighted by Crippen LogP contribution is 2.38. The Morgan fingerprint density at radius 3 is 2.46 bits per heavy atom. The van der Waals surface area contributed by atoms with Crippen LogP contribution in [0.4, 0.5) is 5.69 Å². The molecule has 3 N–H and O–H groups in total. The summed E-state index contributed by atoms with van der Waals surface area (Å²) in [5.41, 5.74) is 3.28. The molecule has 0 atom stereocenters. The molecular weight excluding hydrogens is 456 g/mol. The van der Waals surface area contributed by atoms with Crippen LogP contribution in [0.2, 0.25) is 0 Å². The van der Waals surface area contributed by atoms with Crippen LogP contribution in [0.3, 0.4) is 0 Å². The number of anilines is 1. The van der Waals surface area contributed by atoms with E-state index in [-0.39, 0.29) is 6.54 Å². The Labute approximate surface area is 204 Å². The van der Waals surface area contributed by atoms with Crippen molar-refractivity contribution in [2.75, 3.05) is 5.32 Å². The molecule has 0 aliphatic rings. The van der Waals surface area contributed by atoms with Gasteiger partial charge in [0.25, 0.3) is 0 Å². The second-order valence-corrected chi connectivity index (χ2v) is 9.41. The zero-order valence-electron chi connectivity index (χ0n) is 18.5. The van der Waals surface area contributed by atoms with Crippen LogP contribution in [0.25, 0.3) is 42.2 Å². The molecule has 0 saturated heterocycles. The number of aromatic nitrogens is 2. The van der Waals surface area contributed by atoms with E-state index in [2.05, 4.69) is 39.0 Å². The molecule has 0 saturated carbocycles. The summed E-state index contributed by atoms with van der Waals surface area (Å²) in [7, 11) is 0. The van der Waals surface area contributed by atoms with Gasteiger partial charge in [-0.3, -0.25) is 14.7 Å². The van der Waals surface area contributed by atoms with Crippen LogP contribution in [0.1, 0.15) is 5.56 Å². The standard InChI is InChI=1S/C28H20N4O2S/c33-27(29-15-17-9-10-18-5-1-2-6-19(18)11-17)28(34)31-22-12-21-16-30-32-26(21)23(14-22)25-13-20-7-3-4-8-24(20)35-25/h1-14,16H,15H2,(H,29,33)(H,30,32)(H,31,34). The summed E-state index contributed by atoms with van der Waals surface area (Å²) in [5.74, 6) is -1.40. The maximum Gasteiger partial charge on any atom is 0.313 e. The van der Waals surface area contributed by atoms with Crippen LogP contribution >= 0.6 is 11.3 Å². The van der Waals surface area contributed by atoms with Crippen molar-refractivity contribution in [1.29, 1.82) is 0 Å². The number of thiophene rings is 1. The van der Waals surface area contributed by atoms with E-state index in [9.17, 15) is 9.59 Å². The molecule has 0 bridgehead atoms. The Bertz CT molecular complexity index is 1700. The number of carbonyl (C=O) groups excluding carboxylic acids is 2. The van der Waals surface area contributed by atoms with Gasteiger partial charge in [-0.1, -0.05) is 54.6 Å². The first kappa shape index (κ1) is 21.1. The molecule has 0 fully saturated rings. The molecule has 2 heterocycles. The van der Waals surface area contributed by atoms with Gasteiger partial charge in [-0.25, -0.2) is 0 Å². The van der Waals surface area contributed by atoms with Crippen molar-refractivity contribution in [1.82, 2.24) is 15.5 Å². The fourth-order valence-electron chi connectivity index (χ4n) is 4.24. The largest absolute Gasteiger partial charge is 0.344 e. The molecule has 0 radical (unpaired) electrons. The van der Waals surface area contributed by atoms with Crippen molar-refractivity contribution in [3.8, 4) is 10.4 Å². The topological polar surface area (TPSA) is 86.9 Å². The molecule has 2 aromatic heterocycles. The van der Waals surface area contributed by atoms with Gasteiger partial charge in [0.05, 0.1) is 11.7 Å².